The van der Waals surface area contributed by atoms with Crippen molar-refractivity contribution in [1.29, 1.82) is 0 Å². The van der Waals surface area contributed by atoms with Gasteiger partial charge in [-0.2, -0.15) is 5.10 Å². The summed E-state index contributed by atoms with van der Waals surface area (Å²) in [5, 5.41) is 8.74. The second kappa shape index (κ2) is 8.90. The summed E-state index contributed by atoms with van der Waals surface area (Å²) in [5.74, 6) is -0.921. The second-order valence-electron chi connectivity index (χ2n) is 6.43. The molecule has 0 heterocycles. The zero-order valence-electron chi connectivity index (χ0n) is 15.4. The fourth-order valence-electron chi connectivity index (χ4n) is 2.83. The summed E-state index contributed by atoms with van der Waals surface area (Å²) < 4.78 is 12.9. The van der Waals surface area contributed by atoms with Gasteiger partial charge in [-0.3, -0.25) is 9.59 Å². The maximum atomic E-state index is 12.9. The van der Waals surface area contributed by atoms with Gasteiger partial charge in [0.15, 0.2) is 0 Å². The molecule has 5 nitrogen and oxygen atoms in total. The first-order valence-corrected chi connectivity index (χ1v) is 8.85. The number of fused-ring (bicyclic) bond motifs is 1. The molecule has 3 rings (SSSR count). The van der Waals surface area contributed by atoms with Crippen LogP contribution in [0.3, 0.4) is 0 Å². The van der Waals surface area contributed by atoms with E-state index in [2.05, 4.69) is 15.8 Å². The number of rotatable bonds is 6. The monoisotopic (exact) mass is 377 g/mol. The zero-order chi connectivity index (χ0) is 19.9. The number of anilines is 1. The fourth-order valence-corrected chi connectivity index (χ4v) is 2.83. The zero-order valence-corrected chi connectivity index (χ0v) is 15.4. The molecule has 0 aliphatic rings. The van der Waals surface area contributed by atoms with Gasteiger partial charge in [-0.15, -0.1) is 0 Å². The summed E-state index contributed by atoms with van der Waals surface area (Å²) in [6, 6.07) is 19.2. The number of amides is 2. The number of hydrogen-bond acceptors (Lipinski definition) is 3. The van der Waals surface area contributed by atoms with E-state index in [0.717, 1.165) is 16.3 Å². The lowest BCUT2D eigenvalue weighted by Gasteiger charge is -2.07. The van der Waals surface area contributed by atoms with Crippen LogP contribution in [0.2, 0.25) is 0 Å². The third-order valence-electron chi connectivity index (χ3n) is 4.15. The van der Waals surface area contributed by atoms with Gasteiger partial charge in [0.2, 0.25) is 11.8 Å². The van der Waals surface area contributed by atoms with Crippen LogP contribution in [-0.4, -0.2) is 17.5 Å². The minimum absolute atomic E-state index is 0.0198. The lowest BCUT2D eigenvalue weighted by Crippen LogP contribution is -2.23. The van der Waals surface area contributed by atoms with E-state index in [9.17, 15) is 14.0 Å². The lowest BCUT2D eigenvalue weighted by molar-refractivity contribution is -0.120. The lowest BCUT2D eigenvalue weighted by atomic mass is 10.0. The molecule has 0 aliphatic heterocycles. The Bertz CT molecular complexity index is 1020. The number of halogens is 1. The van der Waals surface area contributed by atoms with Crippen LogP contribution in [0.1, 0.15) is 18.9 Å². The summed E-state index contributed by atoms with van der Waals surface area (Å²) in [6.45, 7) is 1.66. The van der Waals surface area contributed by atoms with Crippen LogP contribution in [0.25, 0.3) is 10.8 Å². The van der Waals surface area contributed by atoms with Gasteiger partial charge in [-0.25, -0.2) is 9.82 Å². The molecule has 6 heteroatoms. The van der Waals surface area contributed by atoms with Crippen LogP contribution in [0.5, 0.6) is 0 Å². The highest BCUT2D eigenvalue weighted by molar-refractivity contribution is 6.05. The third-order valence-corrected chi connectivity index (χ3v) is 4.15. The molecule has 0 aromatic heterocycles. The quantitative estimate of drug-likeness (QED) is 0.503. The molecule has 0 saturated heterocycles. The molecule has 0 aliphatic carbocycles. The first-order valence-electron chi connectivity index (χ1n) is 8.85. The van der Waals surface area contributed by atoms with E-state index >= 15 is 0 Å². The molecule has 142 valence electrons. The molecule has 0 radical (unpaired) electrons. The molecule has 0 bridgehead atoms. The van der Waals surface area contributed by atoms with Gasteiger partial charge in [0, 0.05) is 11.4 Å². The maximum Gasteiger partial charge on any atom is 0.244 e. The van der Waals surface area contributed by atoms with Crippen molar-refractivity contribution in [2.24, 2.45) is 5.10 Å². The van der Waals surface area contributed by atoms with Crippen molar-refractivity contribution >= 4 is 34.0 Å². The molecule has 2 N–H and O–H groups in total. The van der Waals surface area contributed by atoms with Gasteiger partial charge < -0.3 is 5.32 Å². The van der Waals surface area contributed by atoms with Gasteiger partial charge in [-0.05, 0) is 47.5 Å². The minimum atomic E-state index is -0.371. The topological polar surface area (TPSA) is 70.6 Å². The maximum absolute atomic E-state index is 12.9. The Kier molecular flexibility index (Phi) is 6.11. The van der Waals surface area contributed by atoms with Gasteiger partial charge in [-0.1, -0.05) is 42.5 Å². The molecule has 0 unspecified atom stereocenters. The molecule has 3 aromatic carbocycles. The number of nitrogens with one attached hydrogen (secondary N) is 2. The van der Waals surface area contributed by atoms with Crippen molar-refractivity contribution in [3.8, 4) is 0 Å². The number of carbonyl (C=O) groups is 2. The molecule has 0 fully saturated rings. The smallest absolute Gasteiger partial charge is 0.244 e. The number of benzene rings is 3. The molecule has 3 aromatic rings. The van der Waals surface area contributed by atoms with Crippen molar-refractivity contribution in [3.05, 3.63) is 78.1 Å². The molecule has 0 spiro atoms. The largest absolute Gasteiger partial charge is 0.326 e. The molecule has 28 heavy (non-hydrogen) atoms. The van der Waals surface area contributed by atoms with E-state index in [1.807, 2.05) is 42.5 Å². The van der Waals surface area contributed by atoms with E-state index < -0.39 is 0 Å². The highest BCUT2D eigenvalue weighted by atomic mass is 19.1. The average molecular weight is 377 g/mol. The second-order valence-corrected chi connectivity index (χ2v) is 6.43. The van der Waals surface area contributed by atoms with Crippen molar-refractivity contribution in [1.82, 2.24) is 5.43 Å². The Morgan fingerprint density at radius 3 is 2.43 bits per heavy atom. The Morgan fingerprint density at radius 2 is 1.64 bits per heavy atom. The first kappa shape index (κ1) is 19.2. The van der Waals surface area contributed by atoms with Gasteiger partial charge in [0.1, 0.15) is 5.82 Å². The van der Waals surface area contributed by atoms with Crippen LogP contribution < -0.4 is 10.7 Å². The van der Waals surface area contributed by atoms with E-state index in [1.54, 1.807) is 6.92 Å². The summed E-state index contributed by atoms with van der Waals surface area (Å²) in [6.07, 6.45) is 0.214. The molecule has 2 amide bonds. The Labute approximate surface area is 162 Å². The fraction of sp³-hybridized carbons (Fsp3) is 0.136. The predicted molar refractivity (Wildman–Crippen MR) is 109 cm³/mol. The SMILES string of the molecule is C/C(CC(=O)Nc1ccc(F)cc1)=N\NC(=O)Cc1cccc2ccccc12. The number of hydrogen-bond donors (Lipinski definition) is 2. The van der Waals surface area contributed by atoms with Gasteiger partial charge >= 0.3 is 0 Å². The number of hydrazone groups is 1. The van der Waals surface area contributed by atoms with Crippen LogP contribution in [-0.2, 0) is 16.0 Å². The van der Waals surface area contributed by atoms with Crippen LogP contribution in [0.15, 0.2) is 71.8 Å². The summed E-state index contributed by atoms with van der Waals surface area (Å²) >= 11 is 0. The Hall–Kier alpha value is -3.54. The Morgan fingerprint density at radius 1 is 0.929 bits per heavy atom. The highest BCUT2D eigenvalue weighted by Gasteiger charge is 2.08. The van der Waals surface area contributed by atoms with Gasteiger partial charge in [0.25, 0.3) is 0 Å². The van der Waals surface area contributed by atoms with Crippen LogP contribution in [0, 0.1) is 5.82 Å². The summed E-state index contributed by atoms with van der Waals surface area (Å²) in [7, 11) is 0. The average Bonchev–Trinajstić information content (AvgIpc) is 2.68. The van der Waals surface area contributed by atoms with Crippen molar-refractivity contribution < 1.29 is 14.0 Å². The Balaban J connectivity index is 1.54. The minimum Gasteiger partial charge on any atom is -0.326 e. The van der Waals surface area contributed by atoms with Crippen LogP contribution >= 0.6 is 0 Å². The summed E-state index contributed by atoms with van der Waals surface area (Å²) in [4.78, 5) is 24.2. The highest BCUT2D eigenvalue weighted by Crippen LogP contribution is 2.18. The van der Waals surface area contributed by atoms with E-state index in [0.29, 0.717) is 11.4 Å². The van der Waals surface area contributed by atoms with Crippen LogP contribution in [0.4, 0.5) is 10.1 Å². The van der Waals surface area contributed by atoms with Crippen molar-refractivity contribution in [3.63, 3.8) is 0 Å². The van der Waals surface area contributed by atoms with E-state index in [4.69, 9.17) is 0 Å². The van der Waals surface area contributed by atoms with E-state index in [-0.39, 0.29) is 30.5 Å². The normalized spacial score (nSPS) is 11.3. The standard InChI is InChI=1S/C22H20FN3O2/c1-15(13-21(27)24-19-11-9-18(23)10-12-19)25-26-22(28)14-17-7-4-6-16-5-2-3-8-20(16)17/h2-12H,13-14H2,1H3,(H,24,27)(H,26,28)/b25-15+. The van der Waals surface area contributed by atoms with Crippen molar-refractivity contribution in [2.45, 2.75) is 19.8 Å². The predicted octanol–water partition coefficient (Wildman–Crippen LogP) is 4.04. The van der Waals surface area contributed by atoms with Gasteiger partial charge in [0.05, 0.1) is 12.8 Å². The number of carbonyl (C=O) groups excluding carboxylic acids is 2. The number of nitrogens with zero attached hydrogens (tertiary/aromatic N) is 1. The molecular formula is C22H20FN3O2. The summed E-state index contributed by atoms with van der Waals surface area (Å²) in [5.41, 5.74) is 4.37. The molecule has 0 atom stereocenters. The van der Waals surface area contributed by atoms with E-state index in [1.165, 1.54) is 24.3 Å². The first-order chi connectivity index (χ1) is 13.5. The van der Waals surface area contributed by atoms with Crippen molar-refractivity contribution in [2.75, 3.05) is 5.32 Å². The molecular weight excluding hydrogens is 357 g/mol. The molecule has 0 saturated carbocycles. The third kappa shape index (κ3) is 5.23.